The van der Waals surface area contributed by atoms with Gasteiger partial charge in [-0.1, -0.05) is 17.7 Å². The lowest BCUT2D eigenvalue weighted by atomic mass is 9.94. The highest BCUT2D eigenvalue weighted by Gasteiger charge is 2.49. The van der Waals surface area contributed by atoms with E-state index in [9.17, 15) is 23.6 Å². The molecule has 7 rings (SSSR count). The topological polar surface area (TPSA) is 138 Å². The third kappa shape index (κ3) is 6.29. The van der Waals surface area contributed by atoms with Crippen LogP contribution in [0.2, 0.25) is 5.02 Å². The van der Waals surface area contributed by atoms with E-state index in [0.717, 1.165) is 30.7 Å². The first-order valence-electron chi connectivity index (χ1n) is 17.1. The van der Waals surface area contributed by atoms with Crippen molar-refractivity contribution in [3.63, 3.8) is 0 Å². The molecule has 274 valence electrons. The average molecular weight is 756 g/mol. The van der Waals surface area contributed by atoms with Crippen LogP contribution in [0.3, 0.4) is 0 Å². The molecule has 3 fully saturated rings. The number of fused-ring (bicyclic) bond motifs is 3. The molecule has 2 atom stereocenters. The van der Waals surface area contributed by atoms with E-state index in [0.29, 0.717) is 44.7 Å². The Morgan fingerprint density at radius 3 is 2.71 bits per heavy atom. The van der Waals surface area contributed by atoms with Crippen LogP contribution in [0.15, 0.2) is 18.2 Å². The highest BCUT2D eigenvalue weighted by atomic mass is 35.5. The van der Waals surface area contributed by atoms with Gasteiger partial charge in [0.25, 0.3) is 0 Å². The third-order valence-corrected chi connectivity index (χ3v) is 11.9. The van der Waals surface area contributed by atoms with Crippen LogP contribution in [0.25, 0.3) is 32.1 Å². The first-order valence-corrected chi connectivity index (χ1v) is 18.3. The van der Waals surface area contributed by atoms with Gasteiger partial charge in [0.05, 0.1) is 34.0 Å². The van der Waals surface area contributed by atoms with Crippen molar-refractivity contribution in [2.75, 3.05) is 63.7 Å². The molecule has 0 unspecified atom stereocenters. The zero-order valence-electron chi connectivity index (χ0n) is 28.7. The molecule has 4 aromatic rings. The lowest BCUT2D eigenvalue weighted by molar-refractivity contribution is -0.147. The number of nitrogens with zero attached hydrogens (tertiary/aromatic N) is 6. The number of methoxy groups -OCH3 is 1. The predicted molar refractivity (Wildman–Crippen MR) is 192 cm³/mol. The second-order valence-electron chi connectivity index (χ2n) is 13.7. The van der Waals surface area contributed by atoms with Crippen LogP contribution in [0.5, 0.6) is 6.01 Å². The van der Waals surface area contributed by atoms with Gasteiger partial charge in [-0.25, -0.2) is 13.2 Å². The van der Waals surface area contributed by atoms with Gasteiger partial charge in [-0.05, 0) is 49.9 Å². The van der Waals surface area contributed by atoms with Gasteiger partial charge in [0.15, 0.2) is 5.82 Å². The van der Waals surface area contributed by atoms with Crippen molar-refractivity contribution in [1.82, 2.24) is 19.8 Å². The summed E-state index contributed by atoms with van der Waals surface area (Å²) < 4.78 is 57.9. The molecular weight excluding hydrogens is 719 g/mol. The van der Waals surface area contributed by atoms with Crippen molar-refractivity contribution in [3.8, 4) is 23.2 Å². The van der Waals surface area contributed by atoms with Crippen molar-refractivity contribution < 1.29 is 32.2 Å². The minimum absolute atomic E-state index is 0.0172. The number of thiophene rings is 1. The number of halogens is 4. The smallest absolute Gasteiger partial charge is 0.319 e. The summed E-state index contributed by atoms with van der Waals surface area (Å²) in [5, 5.41) is 10.4. The summed E-state index contributed by atoms with van der Waals surface area (Å²) in [6.45, 7) is 3.61. The second kappa shape index (κ2) is 14.3. The van der Waals surface area contributed by atoms with Gasteiger partial charge < -0.3 is 20.1 Å². The number of imide groups is 1. The molecule has 3 aliphatic heterocycles. The minimum Gasteiger partial charge on any atom is -0.461 e. The normalized spacial score (nSPS) is 20.8. The van der Waals surface area contributed by atoms with Gasteiger partial charge in [0.2, 0.25) is 11.8 Å². The van der Waals surface area contributed by atoms with E-state index < -0.39 is 29.3 Å². The monoisotopic (exact) mass is 755 g/mol. The molecule has 0 saturated carbocycles. The molecule has 2 aromatic carbocycles. The molecule has 52 heavy (non-hydrogen) atoms. The van der Waals surface area contributed by atoms with Crippen LogP contribution in [-0.4, -0.2) is 96.3 Å². The lowest BCUT2D eigenvalue weighted by Crippen LogP contribution is -2.45. The number of rotatable bonds is 9. The van der Waals surface area contributed by atoms with E-state index in [-0.39, 0.29) is 85.3 Å². The van der Waals surface area contributed by atoms with Gasteiger partial charge in [0, 0.05) is 62.3 Å². The molecule has 2 N–H and O–H groups in total. The summed E-state index contributed by atoms with van der Waals surface area (Å²) in [7, 11) is 1.50. The first-order chi connectivity index (χ1) is 25.0. The Bertz CT molecular complexity index is 2120. The molecule has 0 aliphatic carbocycles. The molecule has 0 radical (unpaired) electrons. The first kappa shape index (κ1) is 36.1. The number of hydrogen-bond donors (Lipinski definition) is 1. The largest absolute Gasteiger partial charge is 0.461 e. The summed E-state index contributed by atoms with van der Waals surface area (Å²) in [5.74, 6) is -2.17. The number of carbonyl (C=O) groups is 2. The number of benzene rings is 2. The van der Waals surface area contributed by atoms with Gasteiger partial charge in [-0.15, -0.1) is 11.3 Å². The highest BCUT2D eigenvalue weighted by Crippen LogP contribution is 2.46. The van der Waals surface area contributed by atoms with Crippen molar-refractivity contribution in [3.05, 3.63) is 40.4 Å². The molecule has 0 bridgehead atoms. The summed E-state index contributed by atoms with van der Waals surface area (Å²) in [6.07, 6.45) is 1.78. The molecular formula is C36H37ClF3N7O4S. The molecule has 0 spiro atoms. The maximum absolute atomic E-state index is 17.1. The second-order valence-corrected chi connectivity index (χ2v) is 15.1. The van der Waals surface area contributed by atoms with Crippen molar-refractivity contribution in [2.45, 2.75) is 50.7 Å². The number of amides is 2. The predicted octanol–water partition coefficient (Wildman–Crippen LogP) is 6.09. The van der Waals surface area contributed by atoms with Crippen LogP contribution in [0, 0.1) is 28.9 Å². The maximum atomic E-state index is 17.1. The molecule has 2 amide bonds. The quantitative estimate of drug-likeness (QED) is 0.214. The van der Waals surface area contributed by atoms with Crippen LogP contribution in [0.1, 0.15) is 44.6 Å². The number of hydrogen-bond acceptors (Lipinski definition) is 11. The number of nitrogens with two attached hydrogens (primary N) is 1. The SMILES string of the molecule is COCCN(C(C)=O)C(=O)C1CCN(c2nc(OC[C@@]34CCCN3C[C@H](F)C4)nc3c(F)c(-c4ccc(F)c5sc(N)c(C#N)c45)c(Cl)cc23)CC1. The number of nitriles is 1. The number of carbonyl (C=O) groups excluding carboxylic acids is 2. The van der Waals surface area contributed by atoms with Crippen LogP contribution >= 0.6 is 22.9 Å². The number of piperidine rings is 1. The molecule has 5 heterocycles. The zero-order valence-corrected chi connectivity index (χ0v) is 30.3. The van der Waals surface area contributed by atoms with Gasteiger partial charge >= 0.3 is 6.01 Å². The number of alkyl halides is 1. The maximum Gasteiger partial charge on any atom is 0.319 e. The number of nitrogen functional groups attached to an aromatic ring is 1. The molecule has 2 aromatic heterocycles. The number of aromatic nitrogens is 2. The van der Waals surface area contributed by atoms with Crippen LogP contribution in [0.4, 0.5) is 24.0 Å². The third-order valence-electron chi connectivity index (χ3n) is 10.6. The van der Waals surface area contributed by atoms with E-state index in [1.54, 1.807) is 0 Å². The summed E-state index contributed by atoms with van der Waals surface area (Å²) in [4.78, 5) is 40.1. The van der Waals surface area contributed by atoms with Crippen LogP contribution < -0.4 is 15.4 Å². The minimum atomic E-state index is -0.978. The fourth-order valence-electron chi connectivity index (χ4n) is 8.03. The van der Waals surface area contributed by atoms with E-state index >= 15 is 4.39 Å². The number of anilines is 2. The Labute approximate surface area is 307 Å². The summed E-state index contributed by atoms with van der Waals surface area (Å²) >= 11 is 7.74. The van der Waals surface area contributed by atoms with Crippen molar-refractivity contribution >= 4 is 66.6 Å². The van der Waals surface area contributed by atoms with Gasteiger partial charge in [-0.3, -0.25) is 19.4 Å². The Kier molecular flexibility index (Phi) is 9.94. The van der Waals surface area contributed by atoms with Crippen LogP contribution in [-0.2, 0) is 14.3 Å². The van der Waals surface area contributed by atoms with Gasteiger partial charge in [-0.2, -0.15) is 15.2 Å². The average Bonchev–Trinajstić information content (AvgIpc) is 3.77. The summed E-state index contributed by atoms with van der Waals surface area (Å²) in [6, 6.07) is 5.97. The molecule has 16 heteroatoms. The van der Waals surface area contributed by atoms with E-state index in [2.05, 4.69) is 9.88 Å². The fraction of sp³-hybridized carbons (Fsp3) is 0.472. The zero-order chi connectivity index (χ0) is 36.9. The van der Waals surface area contributed by atoms with Gasteiger partial charge in [0.1, 0.15) is 41.0 Å². The summed E-state index contributed by atoms with van der Waals surface area (Å²) in [5.41, 5.74) is 5.54. The number of ether oxygens (including phenoxy) is 2. The van der Waals surface area contributed by atoms with Crippen molar-refractivity contribution in [2.24, 2.45) is 5.92 Å². The van der Waals surface area contributed by atoms with E-state index in [4.69, 9.17) is 31.8 Å². The highest BCUT2D eigenvalue weighted by molar-refractivity contribution is 7.23. The molecule has 3 aliphatic rings. The Morgan fingerprint density at radius 1 is 1.23 bits per heavy atom. The Balaban J connectivity index is 1.29. The molecule has 11 nitrogen and oxygen atoms in total. The lowest BCUT2D eigenvalue weighted by Gasteiger charge is -2.35. The fourth-order valence-corrected chi connectivity index (χ4v) is 9.28. The molecule has 3 saturated heterocycles. The van der Waals surface area contributed by atoms with E-state index in [1.807, 2.05) is 11.0 Å². The Morgan fingerprint density at radius 2 is 2.00 bits per heavy atom. The standard InChI is InChI=1S/C36H37ClF3N7O4S/c1-19(48)47(12-13-50-2)34(49)20-6-10-45(11-7-20)33-23-14-25(37)28(22-4-5-26(39)31-27(22)24(16-41)32(42)52-31)29(40)30(23)43-35(44-33)51-18-36-8-3-9-46(36)17-21(38)15-36/h4-5,14,20-21H,3,6-13,15,17-18,42H2,1-2H3/t21-,36+/m1/s1. The Hall–Kier alpha value is -4.23. The van der Waals surface area contributed by atoms with E-state index in [1.165, 1.54) is 37.1 Å². The van der Waals surface area contributed by atoms with Crippen molar-refractivity contribution in [1.29, 1.82) is 5.26 Å².